The fourth-order valence-corrected chi connectivity index (χ4v) is 2.89. The Kier molecular flexibility index (Phi) is 4.70. The molecule has 0 unspecified atom stereocenters. The Morgan fingerprint density at radius 1 is 1.28 bits per heavy atom. The topological polar surface area (TPSA) is 71.1 Å². The van der Waals surface area contributed by atoms with Gasteiger partial charge < -0.3 is 9.64 Å². The second kappa shape index (κ2) is 6.93. The predicted octanol–water partition coefficient (Wildman–Crippen LogP) is 3.51. The van der Waals surface area contributed by atoms with Crippen molar-refractivity contribution in [2.75, 3.05) is 18.5 Å². The molecule has 3 rings (SSSR count). The van der Waals surface area contributed by atoms with Crippen molar-refractivity contribution in [2.45, 2.75) is 20.8 Å². The summed E-state index contributed by atoms with van der Waals surface area (Å²) < 4.78 is 5.75. The van der Waals surface area contributed by atoms with E-state index in [0.29, 0.717) is 22.6 Å². The molecule has 130 valence electrons. The smallest absolute Gasteiger partial charge is 0.302 e. The highest BCUT2D eigenvalue weighted by molar-refractivity contribution is 5.76. The van der Waals surface area contributed by atoms with Crippen molar-refractivity contribution in [3.63, 3.8) is 0 Å². The van der Waals surface area contributed by atoms with E-state index in [9.17, 15) is 4.79 Å². The summed E-state index contributed by atoms with van der Waals surface area (Å²) in [5.74, 6) is 1.21. The molecule has 0 aliphatic carbocycles. The summed E-state index contributed by atoms with van der Waals surface area (Å²) in [4.78, 5) is 25.3. The summed E-state index contributed by atoms with van der Waals surface area (Å²) >= 11 is 0. The lowest BCUT2D eigenvalue weighted by Gasteiger charge is -2.23. The number of hydrogen-bond donors (Lipinski definition) is 1. The summed E-state index contributed by atoms with van der Waals surface area (Å²) in [6, 6.07) is 7.64. The lowest BCUT2D eigenvalue weighted by Crippen LogP contribution is -2.23. The quantitative estimate of drug-likeness (QED) is 0.771. The molecule has 0 atom stereocenters. The number of aromatic amines is 1. The summed E-state index contributed by atoms with van der Waals surface area (Å²) in [6.45, 7) is 7.41. The lowest BCUT2D eigenvalue weighted by molar-refractivity contribution is 0.442. The molecule has 0 aliphatic rings. The second-order valence-electron chi connectivity index (χ2n) is 6.59. The van der Waals surface area contributed by atoms with Crippen LogP contribution in [0.15, 0.2) is 41.5 Å². The Hall–Kier alpha value is -2.89. The number of rotatable bonds is 5. The molecule has 0 saturated heterocycles. The van der Waals surface area contributed by atoms with E-state index in [-0.39, 0.29) is 11.6 Å². The van der Waals surface area contributed by atoms with Gasteiger partial charge in [0, 0.05) is 25.5 Å². The molecule has 2 heterocycles. The Labute approximate surface area is 146 Å². The van der Waals surface area contributed by atoms with Crippen LogP contribution in [0.1, 0.15) is 19.4 Å². The first kappa shape index (κ1) is 17.0. The van der Waals surface area contributed by atoms with E-state index < -0.39 is 0 Å². The minimum Gasteiger partial charge on any atom is -0.426 e. The zero-order chi connectivity index (χ0) is 18.0. The maximum Gasteiger partial charge on any atom is 0.302 e. The first-order chi connectivity index (χ1) is 11.9. The van der Waals surface area contributed by atoms with Crippen LogP contribution in [0.4, 0.5) is 5.69 Å². The molecule has 6 nitrogen and oxygen atoms in total. The Morgan fingerprint density at radius 2 is 2.08 bits per heavy atom. The summed E-state index contributed by atoms with van der Waals surface area (Å²) in [6.07, 6.45) is 3.11. The molecule has 0 spiro atoms. The number of hydrogen-bond acceptors (Lipinski definition) is 5. The van der Waals surface area contributed by atoms with Gasteiger partial charge in [-0.1, -0.05) is 13.8 Å². The number of nitrogens with one attached hydrogen (secondary N) is 1. The van der Waals surface area contributed by atoms with Gasteiger partial charge in [0.05, 0.1) is 17.1 Å². The van der Waals surface area contributed by atoms with Crippen molar-refractivity contribution in [1.29, 1.82) is 0 Å². The van der Waals surface area contributed by atoms with Gasteiger partial charge in [-0.05, 0) is 42.7 Å². The number of anilines is 1. The van der Waals surface area contributed by atoms with E-state index in [1.165, 1.54) is 0 Å². The van der Waals surface area contributed by atoms with Gasteiger partial charge in [-0.2, -0.15) is 4.98 Å². The van der Waals surface area contributed by atoms with Crippen LogP contribution in [0, 0.1) is 12.8 Å². The van der Waals surface area contributed by atoms with Crippen LogP contribution in [0.5, 0.6) is 11.8 Å². The van der Waals surface area contributed by atoms with E-state index >= 15 is 0 Å². The minimum atomic E-state index is -0.243. The highest BCUT2D eigenvalue weighted by Crippen LogP contribution is 2.27. The molecule has 3 aromatic rings. The molecule has 25 heavy (non-hydrogen) atoms. The van der Waals surface area contributed by atoms with E-state index in [1.807, 2.05) is 25.1 Å². The molecule has 6 heteroatoms. The van der Waals surface area contributed by atoms with Crippen LogP contribution in [0.2, 0.25) is 0 Å². The van der Waals surface area contributed by atoms with E-state index in [0.717, 1.165) is 17.8 Å². The fraction of sp³-hybridized carbons (Fsp3) is 0.316. The van der Waals surface area contributed by atoms with Gasteiger partial charge >= 0.3 is 6.01 Å². The molecule has 0 fully saturated rings. The molecule has 2 aromatic heterocycles. The maximum absolute atomic E-state index is 12.1. The molecule has 1 aromatic carbocycles. The van der Waals surface area contributed by atoms with Gasteiger partial charge in [-0.15, -0.1) is 0 Å². The monoisotopic (exact) mass is 338 g/mol. The normalized spacial score (nSPS) is 11.1. The first-order valence-corrected chi connectivity index (χ1v) is 8.27. The lowest BCUT2D eigenvalue weighted by atomic mass is 10.1. The van der Waals surface area contributed by atoms with Crippen LogP contribution in [-0.4, -0.2) is 28.5 Å². The standard InChI is InChI=1S/C19H22N4O2/c1-12(2)11-23(4)17-6-5-14(9-13(17)3)25-19-21-16-10-20-8-7-15(16)18(24)22-19/h5-10,12H,11H2,1-4H3,(H,21,22,24). The van der Waals surface area contributed by atoms with Crippen molar-refractivity contribution < 1.29 is 4.74 Å². The number of pyridine rings is 1. The van der Waals surface area contributed by atoms with Crippen molar-refractivity contribution in [3.05, 3.63) is 52.6 Å². The summed E-state index contributed by atoms with van der Waals surface area (Å²) in [5, 5.41) is 0.490. The average Bonchev–Trinajstić information content (AvgIpc) is 2.54. The zero-order valence-electron chi connectivity index (χ0n) is 14.9. The predicted molar refractivity (Wildman–Crippen MR) is 99.5 cm³/mol. The third-order valence-electron chi connectivity index (χ3n) is 3.92. The third kappa shape index (κ3) is 3.79. The highest BCUT2D eigenvalue weighted by Gasteiger charge is 2.10. The molecule has 0 bridgehead atoms. The third-order valence-corrected chi connectivity index (χ3v) is 3.92. The maximum atomic E-state index is 12.1. The van der Waals surface area contributed by atoms with Crippen LogP contribution < -0.4 is 15.2 Å². The van der Waals surface area contributed by atoms with Crippen molar-refractivity contribution in [1.82, 2.24) is 15.0 Å². The Bertz CT molecular complexity index is 950. The van der Waals surface area contributed by atoms with Gasteiger partial charge in [0.15, 0.2) is 0 Å². The van der Waals surface area contributed by atoms with Crippen LogP contribution in [0.25, 0.3) is 10.9 Å². The zero-order valence-corrected chi connectivity index (χ0v) is 14.9. The van der Waals surface area contributed by atoms with E-state index in [4.69, 9.17) is 4.74 Å². The molecular weight excluding hydrogens is 316 g/mol. The minimum absolute atomic E-state index is 0.160. The molecule has 0 aliphatic heterocycles. The van der Waals surface area contributed by atoms with Gasteiger partial charge in [0.25, 0.3) is 5.56 Å². The molecule has 0 amide bonds. The summed E-state index contributed by atoms with van der Waals surface area (Å²) in [5.41, 5.74) is 2.52. The number of nitrogens with zero attached hydrogens (tertiary/aromatic N) is 3. The summed E-state index contributed by atoms with van der Waals surface area (Å²) in [7, 11) is 2.08. The van der Waals surface area contributed by atoms with Crippen molar-refractivity contribution in [2.24, 2.45) is 5.92 Å². The van der Waals surface area contributed by atoms with Crippen molar-refractivity contribution in [3.8, 4) is 11.8 Å². The van der Waals surface area contributed by atoms with Crippen molar-refractivity contribution >= 4 is 16.6 Å². The highest BCUT2D eigenvalue weighted by atomic mass is 16.5. The second-order valence-corrected chi connectivity index (χ2v) is 6.59. The number of H-pyrrole nitrogens is 1. The average molecular weight is 338 g/mol. The largest absolute Gasteiger partial charge is 0.426 e. The molecule has 0 saturated carbocycles. The van der Waals surface area contributed by atoms with Crippen LogP contribution in [-0.2, 0) is 0 Å². The van der Waals surface area contributed by atoms with Crippen LogP contribution >= 0.6 is 0 Å². The van der Waals surface area contributed by atoms with Gasteiger partial charge in [-0.25, -0.2) is 0 Å². The Balaban J connectivity index is 1.86. The van der Waals surface area contributed by atoms with E-state index in [1.54, 1.807) is 18.5 Å². The molecule has 1 N–H and O–H groups in total. The Morgan fingerprint density at radius 3 is 2.80 bits per heavy atom. The number of aromatic nitrogens is 3. The SMILES string of the molecule is Cc1cc(Oc2nc3cnccc3c(=O)[nH]2)ccc1N(C)CC(C)C. The van der Waals surface area contributed by atoms with Crippen LogP contribution in [0.3, 0.4) is 0 Å². The van der Waals surface area contributed by atoms with Gasteiger partial charge in [0.1, 0.15) is 5.75 Å². The first-order valence-electron chi connectivity index (χ1n) is 8.27. The van der Waals surface area contributed by atoms with Gasteiger partial charge in [0.2, 0.25) is 0 Å². The van der Waals surface area contributed by atoms with E-state index in [2.05, 4.69) is 40.7 Å². The number of ether oxygens (including phenoxy) is 1. The number of aryl methyl sites for hydroxylation is 1. The number of benzene rings is 1. The van der Waals surface area contributed by atoms with Gasteiger partial charge in [-0.3, -0.25) is 14.8 Å². The number of fused-ring (bicyclic) bond motifs is 1. The molecule has 0 radical (unpaired) electrons. The fourth-order valence-electron chi connectivity index (χ4n) is 2.89. The molecular formula is C19H22N4O2.